The van der Waals surface area contributed by atoms with Crippen LogP contribution >= 0.6 is 0 Å². The molecule has 0 atom stereocenters. The van der Waals surface area contributed by atoms with E-state index in [9.17, 15) is 0 Å². The molecule has 0 aliphatic carbocycles. The van der Waals surface area contributed by atoms with Crippen molar-refractivity contribution in [2.75, 3.05) is 0 Å². The van der Waals surface area contributed by atoms with Gasteiger partial charge in [-0.2, -0.15) is 0 Å². The zero-order valence-electron chi connectivity index (χ0n) is 49.5. The molecule has 0 N–H and O–H groups in total. The van der Waals surface area contributed by atoms with Gasteiger partial charge in [0.25, 0.3) is 0 Å². The van der Waals surface area contributed by atoms with Crippen LogP contribution in [-0.2, 0) is 41.0 Å². The molecule has 5 aromatic heterocycles. The Hall–Kier alpha value is -7.53. The van der Waals surface area contributed by atoms with Gasteiger partial charge in [0.05, 0.1) is 16.6 Å². The Balaban J connectivity index is 1.02. The SMILES string of the molecule is [2H]C([2H])([2H])c1cc(-n2c3[c-]c(Oc4[c-]c(-n5[c](=[Pt])n(-c6cc(C(C)(C)C)cc(C(C)(C)C)c6)c6ccccc65)cc(C(C)(C)C)c4)ccc3c3cc4c5cccc6c7ccccc7n(c4cc32)c65)ncc1-c1ccc(C(C)(C)C)cc1. The summed E-state index contributed by atoms with van der Waals surface area (Å²) < 4.78 is 44.1. The fourth-order valence-corrected chi connectivity index (χ4v) is 12.6. The number of ether oxygens (including phenoxy) is 1. The number of aromatic nitrogens is 5. The number of rotatable bonds is 6. The molecule has 0 bridgehead atoms. The minimum atomic E-state index is -2.45. The molecule has 0 amide bonds. The zero-order valence-corrected chi connectivity index (χ0v) is 48.7. The van der Waals surface area contributed by atoms with Crippen molar-refractivity contribution < 1.29 is 28.2 Å². The van der Waals surface area contributed by atoms with Crippen molar-refractivity contribution in [1.82, 2.24) is 23.1 Å². The van der Waals surface area contributed by atoms with E-state index < -0.39 is 6.85 Å². The number of fused-ring (bicyclic) bond motifs is 10. The van der Waals surface area contributed by atoms with Crippen LogP contribution in [0, 0.1) is 22.8 Å². The minimum Gasteiger partial charge on any atom is -0.0579 e. The van der Waals surface area contributed by atoms with Gasteiger partial charge in [0.15, 0.2) is 0 Å². The molecule has 392 valence electrons. The number of hydrogen-bond acceptors (Lipinski definition) is 2. The van der Waals surface area contributed by atoms with E-state index in [0.29, 0.717) is 28.4 Å². The Bertz CT molecular complexity index is 4740. The van der Waals surface area contributed by atoms with Gasteiger partial charge >= 0.3 is 300 Å². The molecule has 78 heavy (non-hydrogen) atoms. The monoisotopic (exact) mass is 1200 g/mol. The first-order chi connectivity index (χ1) is 38.2. The van der Waals surface area contributed by atoms with Crippen LogP contribution < -0.4 is 4.74 Å². The molecule has 13 aromatic rings. The van der Waals surface area contributed by atoms with Gasteiger partial charge in [-0.15, -0.1) is 0 Å². The number of benzene rings is 8. The second-order valence-corrected chi connectivity index (χ2v) is 26.4. The Morgan fingerprint density at radius 3 is 1.74 bits per heavy atom. The maximum atomic E-state index is 8.97. The van der Waals surface area contributed by atoms with Crippen molar-refractivity contribution in [2.24, 2.45) is 0 Å². The summed E-state index contributed by atoms with van der Waals surface area (Å²) in [4.78, 5) is 5.18. The summed E-state index contributed by atoms with van der Waals surface area (Å²) in [5, 5.41) is 6.63. The third-order valence-electron chi connectivity index (χ3n) is 15.9. The predicted octanol–water partition coefficient (Wildman–Crippen LogP) is 18.7. The number of imidazole rings is 1. The molecule has 0 saturated carbocycles. The number of aryl methyl sites for hydroxylation is 1. The fraction of sp³-hybridized carbons (Fsp3) is 0.239. The first-order valence-corrected chi connectivity index (χ1v) is 28.2. The van der Waals surface area contributed by atoms with E-state index in [1.54, 1.807) is 12.3 Å². The van der Waals surface area contributed by atoms with E-state index in [4.69, 9.17) is 13.8 Å². The van der Waals surface area contributed by atoms with Gasteiger partial charge in [-0.3, -0.25) is 0 Å². The molecule has 0 unspecified atom stereocenters. The Morgan fingerprint density at radius 1 is 0.474 bits per heavy atom. The van der Waals surface area contributed by atoms with Gasteiger partial charge in [0, 0.05) is 37.4 Å². The quantitative estimate of drug-likeness (QED) is 0.156. The smallest absolute Gasteiger partial charge is 0.0579 e. The van der Waals surface area contributed by atoms with Crippen LogP contribution in [0.3, 0.4) is 0 Å². The van der Waals surface area contributed by atoms with E-state index in [2.05, 4.69) is 260 Å². The molecule has 7 heteroatoms. The molecule has 0 radical (unpaired) electrons. The van der Waals surface area contributed by atoms with Gasteiger partial charge in [0.2, 0.25) is 0 Å². The minimum absolute atomic E-state index is 0.0605. The average molecular weight is 1200 g/mol. The predicted molar refractivity (Wildman–Crippen MR) is 322 cm³/mol. The fourth-order valence-electron chi connectivity index (χ4n) is 11.5. The van der Waals surface area contributed by atoms with Crippen LogP contribution in [0.1, 0.15) is 115 Å². The van der Waals surface area contributed by atoms with Crippen LogP contribution in [0.4, 0.5) is 0 Å². The molecular formula is C71H65N5OPt-2. The molecule has 0 spiro atoms. The van der Waals surface area contributed by atoms with Gasteiger partial charge in [-0.1, -0.05) is 81.4 Å². The van der Waals surface area contributed by atoms with Crippen LogP contribution in [0.5, 0.6) is 11.5 Å². The van der Waals surface area contributed by atoms with Gasteiger partial charge in [-0.05, 0) is 35.0 Å². The van der Waals surface area contributed by atoms with Gasteiger partial charge < -0.3 is 4.40 Å². The number of hydrogen-bond donors (Lipinski definition) is 0. The number of para-hydroxylation sites is 4. The van der Waals surface area contributed by atoms with Crippen molar-refractivity contribution in [3.05, 3.63) is 202 Å². The van der Waals surface area contributed by atoms with E-state index in [1.165, 1.54) is 38.4 Å². The van der Waals surface area contributed by atoms with E-state index in [0.717, 1.165) is 70.0 Å². The van der Waals surface area contributed by atoms with E-state index in [1.807, 2.05) is 18.2 Å². The molecule has 0 aliphatic heterocycles. The maximum absolute atomic E-state index is 8.97. The van der Waals surface area contributed by atoms with E-state index >= 15 is 0 Å². The Morgan fingerprint density at radius 2 is 1.08 bits per heavy atom. The molecule has 5 heterocycles. The molecule has 13 rings (SSSR count). The first-order valence-electron chi connectivity index (χ1n) is 28.5. The molecule has 0 fully saturated rings. The first kappa shape index (κ1) is 46.6. The summed E-state index contributed by atoms with van der Waals surface area (Å²) >= 11 is 2.48. The van der Waals surface area contributed by atoms with Crippen molar-refractivity contribution in [3.63, 3.8) is 0 Å². The van der Waals surface area contributed by atoms with Crippen molar-refractivity contribution in [2.45, 2.75) is 112 Å². The number of nitrogens with zero attached hydrogens (tertiary/aromatic N) is 5. The molecule has 6 nitrogen and oxygen atoms in total. The summed E-state index contributed by atoms with van der Waals surface area (Å²) in [6.45, 7) is 24.4. The second-order valence-electron chi connectivity index (χ2n) is 25.4. The summed E-state index contributed by atoms with van der Waals surface area (Å²) in [6.07, 6.45) is 1.72. The van der Waals surface area contributed by atoms with Crippen LogP contribution in [0.2, 0.25) is 0 Å². The summed E-state index contributed by atoms with van der Waals surface area (Å²) in [5.74, 6) is 1.50. The normalized spacial score (nSPS) is 13.7. The van der Waals surface area contributed by atoms with E-state index in [-0.39, 0.29) is 27.2 Å². The molecule has 8 aromatic carbocycles. The second kappa shape index (κ2) is 17.5. The van der Waals surface area contributed by atoms with Gasteiger partial charge in [-0.25, -0.2) is 0 Å². The van der Waals surface area contributed by atoms with Crippen molar-refractivity contribution in [1.29, 1.82) is 0 Å². The third-order valence-corrected chi connectivity index (χ3v) is 17.0. The van der Waals surface area contributed by atoms with Crippen molar-refractivity contribution in [3.8, 4) is 39.8 Å². The topological polar surface area (TPSA) is 41.3 Å². The summed E-state index contributed by atoms with van der Waals surface area (Å²) in [5.41, 5.74) is 15.0. The molecule has 0 saturated heterocycles. The average Bonchev–Trinajstić information content (AvgIpc) is 4.33. The van der Waals surface area contributed by atoms with Crippen LogP contribution in [-0.4, -0.2) is 23.1 Å². The summed E-state index contributed by atoms with van der Waals surface area (Å²) in [6, 6.07) is 61.2. The zero-order chi connectivity index (χ0) is 57.0. The Kier molecular flexibility index (Phi) is 10.4. The number of pyridine rings is 1. The standard InChI is InChI=1S/C71H65N5O.Pt/c1-43-31-66(72-41-59(43)44-25-27-45(28-26-44)68(2,3)4)75-63-38-51(29-30-54(63)57-39-58-56-21-18-20-55-53-19-14-15-22-60(53)76(67(55)56)65(58)40-64(57)75)77-52-36-48(71(11,12)13)35-50(37-52)74-42-73(61-23-16-17-24-62(61)74)49-33-46(69(5,6)7)32-47(34-49)70(8,9)10;/h14-36,39-41H,1-13H3;/q-2;/i1D3;. The molecular weight excluding hydrogens is 1130 g/mol. The van der Waals surface area contributed by atoms with Crippen LogP contribution in [0.15, 0.2) is 158 Å². The molecule has 0 aliphatic rings. The van der Waals surface area contributed by atoms with Gasteiger partial charge in [0.1, 0.15) is 0 Å². The summed E-state index contributed by atoms with van der Waals surface area (Å²) in [7, 11) is 0. The third kappa shape index (κ3) is 8.07. The van der Waals surface area contributed by atoms with Crippen LogP contribution in [0.25, 0.3) is 99.3 Å². The van der Waals surface area contributed by atoms with Crippen molar-refractivity contribution >= 4 is 70.9 Å². The Labute approximate surface area is 472 Å².